The van der Waals surface area contributed by atoms with Gasteiger partial charge < -0.3 is 5.32 Å². The van der Waals surface area contributed by atoms with Gasteiger partial charge in [-0.3, -0.25) is 9.80 Å². The van der Waals surface area contributed by atoms with Crippen LogP contribution in [0.1, 0.15) is 12.5 Å². The second kappa shape index (κ2) is 8.04. The molecule has 116 valence electrons. The minimum Gasteiger partial charge on any atom is -0.388 e. The summed E-state index contributed by atoms with van der Waals surface area (Å²) in [5.41, 5.74) is 2.26. The van der Waals surface area contributed by atoms with Gasteiger partial charge in [0.2, 0.25) is 0 Å². The highest BCUT2D eigenvalue weighted by atomic mass is 35.5. The van der Waals surface area contributed by atoms with Crippen molar-refractivity contribution in [2.75, 3.05) is 39.3 Å². The Labute approximate surface area is 137 Å². The first-order valence-corrected chi connectivity index (χ1v) is 8.08. The molecule has 1 N–H and O–H groups in total. The van der Waals surface area contributed by atoms with E-state index in [1.807, 2.05) is 19.1 Å². The largest absolute Gasteiger partial charge is 0.388 e. The zero-order valence-electron chi connectivity index (χ0n) is 12.5. The van der Waals surface area contributed by atoms with E-state index in [0.717, 1.165) is 51.5 Å². The van der Waals surface area contributed by atoms with E-state index >= 15 is 0 Å². The maximum Gasteiger partial charge on any atom is 0.0595 e. The van der Waals surface area contributed by atoms with Gasteiger partial charge in [-0.05, 0) is 24.6 Å². The molecule has 3 nitrogen and oxygen atoms in total. The molecule has 0 aromatic heterocycles. The van der Waals surface area contributed by atoms with Crippen LogP contribution in [-0.2, 0) is 6.54 Å². The molecule has 1 aromatic rings. The molecular weight excluding hydrogens is 305 g/mol. The summed E-state index contributed by atoms with van der Waals surface area (Å²) < 4.78 is 0. The van der Waals surface area contributed by atoms with E-state index < -0.39 is 0 Å². The second-order valence-corrected chi connectivity index (χ2v) is 6.39. The fraction of sp³-hybridized carbons (Fsp3) is 0.500. The van der Waals surface area contributed by atoms with Crippen LogP contribution in [0.2, 0.25) is 10.0 Å². The van der Waals surface area contributed by atoms with Crippen molar-refractivity contribution in [3.63, 3.8) is 0 Å². The van der Waals surface area contributed by atoms with Crippen molar-refractivity contribution in [3.05, 3.63) is 46.1 Å². The van der Waals surface area contributed by atoms with Crippen LogP contribution < -0.4 is 5.32 Å². The van der Waals surface area contributed by atoms with Crippen LogP contribution in [0.25, 0.3) is 0 Å². The Morgan fingerprint density at radius 2 is 1.81 bits per heavy atom. The van der Waals surface area contributed by atoms with Crippen molar-refractivity contribution in [2.45, 2.75) is 13.5 Å². The molecule has 0 saturated carbocycles. The molecule has 1 heterocycles. The van der Waals surface area contributed by atoms with E-state index in [1.165, 1.54) is 5.56 Å². The maximum absolute atomic E-state index is 6.06. The van der Waals surface area contributed by atoms with Crippen molar-refractivity contribution in [1.29, 1.82) is 0 Å². The Morgan fingerprint density at radius 1 is 1.14 bits per heavy atom. The number of piperazine rings is 1. The lowest BCUT2D eigenvalue weighted by Crippen LogP contribution is -2.47. The molecule has 0 amide bonds. The molecule has 0 radical (unpaired) electrons. The van der Waals surface area contributed by atoms with E-state index in [4.69, 9.17) is 23.2 Å². The molecule has 1 aromatic carbocycles. The number of hydrogen-bond donors (Lipinski definition) is 1. The maximum atomic E-state index is 6.06. The molecular formula is C16H23Cl2N3. The molecule has 2 rings (SSSR count). The van der Waals surface area contributed by atoms with Crippen LogP contribution in [-0.4, -0.2) is 49.1 Å². The van der Waals surface area contributed by atoms with Gasteiger partial charge in [-0.1, -0.05) is 35.8 Å². The number of benzene rings is 1. The van der Waals surface area contributed by atoms with E-state index in [0.29, 0.717) is 10.0 Å². The minimum atomic E-state index is 0.621. The van der Waals surface area contributed by atoms with E-state index in [9.17, 15) is 0 Å². The van der Waals surface area contributed by atoms with Crippen molar-refractivity contribution >= 4 is 23.2 Å². The van der Waals surface area contributed by atoms with Crippen LogP contribution in [0, 0.1) is 0 Å². The predicted octanol–water partition coefficient (Wildman–Crippen LogP) is 3.23. The highest BCUT2D eigenvalue weighted by Gasteiger charge is 2.16. The van der Waals surface area contributed by atoms with Crippen LogP contribution in [0.4, 0.5) is 0 Å². The SMILES string of the molecule is C=C(C)NCCN1CCN(Cc2ccc(Cl)c(Cl)c2)CC1. The first kappa shape index (κ1) is 16.6. The average Bonchev–Trinajstić information content (AvgIpc) is 2.44. The summed E-state index contributed by atoms with van der Waals surface area (Å²) in [5, 5.41) is 4.54. The highest BCUT2D eigenvalue weighted by molar-refractivity contribution is 6.42. The minimum absolute atomic E-state index is 0.621. The zero-order valence-corrected chi connectivity index (χ0v) is 14.1. The number of rotatable bonds is 6. The van der Waals surface area contributed by atoms with Crippen LogP contribution in [0.3, 0.4) is 0 Å². The van der Waals surface area contributed by atoms with Crippen molar-refractivity contribution in [3.8, 4) is 0 Å². The topological polar surface area (TPSA) is 18.5 Å². The van der Waals surface area contributed by atoms with Crippen molar-refractivity contribution < 1.29 is 0 Å². The van der Waals surface area contributed by atoms with Crippen molar-refractivity contribution in [2.24, 2.45) is 0 Å². The number of nitrogens with zero attached hydrogens (tertiary/aromatic N) is 2. The lowest BCUT2D eigenvalue weighted by Gasteiger charge is -2.34. The molecule has 1 aliphatic heterocycles. The molecule has 1 fully saturated rings. The van der Waals surface area contributed by atoms with Gasteiger partial charge in [0.25, 0.3) is 0 Å². The van der Waals surface area contributed by atoms with Gasteiger partial charge in [-0.25, -0.2) is 0 Å². The Hall–Kier alpha value is -0.740. The Balaban J connectivity index is 1.73. The molecule has 0 spiro atoms. The summed E-state index contributed by atoms with van der Waals surface area (Å²) in [6.07, 6.45) is 0. The number of halogens is 2. The summed E-state index contributed by atoms with van der Waals surface area (Å²) in [7, 11) is 0. The monoisotopic (exact) mass is 327 g/mol. The molecule has 21 heavy (non-hydrogen) atoms. The van der Waals surface area contributed by atoms with Crippen LogP contribution in [0.5, 0.6) is 0 Å². The predicted molar refractivity (Wildman–Crippen MR) is 91.0 cm³/mol. The van der Waals surface area contributed by atoms with Gasteiger partial charge in [0, 0.05) is 51.5 Å². The van der Waals surface area contributed by atoms with Crippen LogP contribution in [0.15, 0.2) is 30.5 Å². The summed E-state index contributed by atoms with van der Waals surface area (Å²) >= 11 is 12.0. The summed E-state index contributed by atoms with van der Waals surface area (Å²) in [5.74, 6) is 0. The molecule has 0 unspecified atom stereocenters. The molecule has 5 heteroatoms. The number of allylic oxidation sites excluding steroid dienone is 1. The lowest BCUT2D eigenvalue weighted by molar-refractivity contribution is 0.128. The number of nitrogens with one attached hydrogen (secondary N) is 1. The smallest absolute Gasteiger partial charge is 0.0595 e. The quantitative estimate of drug-likeness (QED) is 0.865. The zero-order chi connectivity index (χ0) is 15.2. The summed E-state index contributed by atoms with van der Waals surface area (Å²) in [6, 6.07) is 5.89. The highest BCUT2D eigenvalue weighted by Crippen LogP contribution is 2.23. The average molecular weight is 328 g/mol. The normalized spacial score (nSPS) is 16.9. The van der Waals surface area contributed by atoms with Gasteiger partial charge >= 0.3 is 0 Å². The summed E-state index contributed by atoms with van der Waals surface area (Å²) in [6.45, 7) is 13.2. The van der Waals surface area contributed by atoms with Crippen molar-refractivity contribution in [1.82, 2.24) is 15.1 Å². The fourth-order valence-corrected chi connectivity index (χ4v) is 2.82. The third-order valence-electron chi connectivity index (χ3n) is 3.71. The van der Waals surface area contributed by atoms with Gasteiger partial charge in [-0.2, -0.15) is 0 Å². The first-order chi connectivity index (χ1) is 10.0. The van der Waals surface area contributed by atoms with Gasteiger partial charge in [0.15, 0.2) is 0 Å². The van der Waals surface area contributed by atoms with Gasteiger partial charge in [0.1, 0.15) is 0 Å². The van der Waals surface area contributed by atoms with Gasteiger partial charge in [-0.15, -0.1) is 0 Å². The Bertz CT molecular complexity index is 482. The third kappa shape index (κ3) is 5.51. The summed E-state index contributed by atoms with van der Waals surface area (Å²) in [4.78, 5) is 4.95. The molecule has 0 atom stereocenters. The van der Waals surface area contributed by atoms with Crippen LogP contribution >= 0.6 is 23.2 Å². The number of hydrogen-bond acceptors (Lipinski definition) is 3. The first-order valence-electron chi connectivity index (χ1n) is 7.32. The Morgan fingerprint density at radius 3 is 2.43 bits per heavy atom. The molecule has 0 bridgehead atoms. The molecule has 1 saturated heterocycles. The standard InChI is InChI=1S/C16H23Cl2N3/c1-13(2)19-5-6-20-7-9-21(10-8-20)12-14-3-4-15(17)16(18)11-14/h3-4,11,19H,1,5-10,12H2,2H3. The lowest BCUT2D eigenvalue weighted by atomic mass is 10.2. The Kier molecular flexibility index (Phi) is 6.37. The molecule has 1 aliphatic rings. The third-order valence-corrected chi connectivity index (χ3v) is 4.45. The molecule has 0 aliphatic carbocycles. The van der Waals surface area contributed by atoms with Gasteiger partial charge in [0.05, 0.1) is 10.0 Å². The fourth-order valence-electron chi connectivity index (χ4n) is 2.49. The van der Waals surface area contributed by atoms with E-state index in [1.54, 1.807) is 0 Å². The van der Waals surface area contributed by atoms with E-state index in [-0.39, 0.29) is 0 Å². The second-order valence-electron chi connectivity index (χ2n) is 5.57. The van der Waals surface area contributed by atoms with E-state index in [2.05, 4.69) is 27.8 Å².